The van der Waals surface area contributed by atoms with Gasteiger partial charge in [-0.05, 0) is 48.1 Å². The topological polar surface area (TPSA) is 95.4 Å². The Morgan fingerprint density at radius 1 is 1.00 bits per heavy atom. The number of anilines is 2. The molecule has 1 aliphatic heterocycles. The Labute approximate surface area is 199 Å². The second-order valence-corrected chi connectivity index (χ2v) is 8.37. The van der Waals surface area contributed by atoms with Crippen LogP contribution < -0.4 is 10.2 Å². The third-order valence-corrected chi connectivity index (χ3v) is 5.95. The van der Waals surface area contributed by atoms with Crippen LogP contribution in [0.5, 0.6) is 0 Å². The summed E-state index contributed by atoms with van der Waals surface area (Å²) in [4.78, 5) is 34.5. The van der Waals surface area contributed by atoms with Crippen LogP contribution in [0.2, 0.25) is 0 Å². The van der Waals surface area contributed by atoms with Gasteiger partial charge in [0.05, 0.1) is 23.6 Å². The number of benzene rings is 2. The number of nitrogens with zero attached hydrogens (tertiary/aromatic N) is 3. The van der Waals surface area contributed by atoms with Gasteiger partial charge >= 0.3 is 12.1 Å². The summed E-state index contributed by atoms with van der Waals surface area (Å²) < 4.78 is 38.6. The predicted molar refractivity (Wildman–Crippen MR) is 124 cm³/mol. The van der Waals surface area contributed by atoms with Gasteiger partial charge in [-0.25, -0.2) is 9.97 Å². The van der Waals surface area contributed by atoms with Crippen molar-refractivity contribution in [1.29, 1.82) is 0 Å². The molecule has 0 radical (unpaired) electrons. The lowest BCUT2D eigenvalue weighted by atomic mass is 9.94. The first-order valence-electron chi connectivity index (χ1n) is 11.1. The van der Waals surface area contributed by atoms with E-state index >= 15 is 0 Å². The molecule has 1 amide bonds. The summed E-state index contributed by atoms with van der Waals surface area (Å²) in [7, 11) is 0. The molecule has 0 saturated carbocycles. The van der Waals surface area contributed by atoms with Crippen LogP contribution in [0.15, 0.2) is 60.9 Å². The number of rotatable bonds is 6. The van der Waals surface area contributed by atoms with E-state index in [-0.39, 0.29) is 12.3 Å². The smallest absolute Gasteiger partial charge is 0.416 e. The van der Waals surface area contributed by atoms with Crippen LogP contribution in [0.1, 0.15) is 35.2 Å². The molecule has 7 nitrogen and oxygen atoms in total. The molecule has 1 aromatic heterocycles. The Morgan fingerprint density at radius 2 is 1.63 bits per heavy atom. The second kappa shape index (κ2) is 10.1. The van der Waals surface area contributed by atoms with Crippen molar-refractivity contribution in [3.63, 3.8) is 0 Å². The molecule has 10 heteroatoms. The fourth-order valence-corrected chi connectivity index (χ4v) is 4.10. The SMILES string of the molecule is O=C(O)CC1CCN(c2ncc(NC(=O)c3ccccc3-c3ccc(C(F)(F)F)cc3)cn2)CC1. The molecule has 1 aliphatic rings. The number of carbonyl (C=O) groups is 2. The van der Waals surface area contributed by atoms with Crippen molar-refractivity contribution in [1.82, 2.24) is 9.97 Å². The molecular formula is C25H23F3N4O3. The Hall–Kier alpha value is -3.95. The standard InChI is InChI=1S/C25H23F3N4O3/c26-25(27,28)18-7-5-17(6-8-18)20-3-1-2-4-21(20)23(35)31-19-14-29-24(30-15-19)32-11-9-16(10-12-32)13-22(33)34/h1-8,14-16H,9-13H2,(H,31,35)(H,33,34). The zero-order valence-corrected chi connectivity index (χ0v) is 18.6. The summed E-state index contributed by atoms with van der Waals surface area (Å²) in [6.45, 7) is 1.31. The first-order chi connectivity index (χ1) is 16.7. The molecule has 3 aromatic rings. The van der Waals surface area contributed by atoms with Crippen molar-refractivity contribution < 1.29 is 27.9 Å². The highest BCUT2D eigenvalue weighted by atomic mass is 19.4. The van der Waals surface area contributed by atoms with Gasteiger partial charge in [0.2, 0.25) is 5.95 Å². The number of halogens is 3. The van der Waals surface area contributed by atoms with Crippen molar-refractivity contribution in [3.8, 4) is 11.1 Å². The van der Waals surface area contributed by atoms with Gasteiger partial charge in [-0.15, -0.1) is 0 Å². The maximum atomic E-state index is 12.9. The molecular weight excluding hydrogens is 461 g/mol. The van der Waals surface area contributed by atoms with Gasteiger partial charge in [0, 0.05) is 25.1 Å². The second-order valence-electron chi connectivity index (χ2n) is 8.37. The number of alkyl halides is 3. The van der Waals surface area contributed by atoms with Crippen molar-refractivity contribution in [2.75, 3.05) is 23.3 Å². The average molecular weight is 484 g/mol. The van der Waals surface area contributed by atoms with E-state index in [9.17, 15) is 22.8 Å². The Bertz CT molecular complexity index is 1190. The summed E-state index contributed by atoms with van der Waals surface area (Å²) in [6, 6.07) is 11.3. The number of carbonyl (C=O) groups excluding carboxylic acids is 1. The molecule has 2 aromatic carbocycles. The summed E-state index contributed by atoms with van der Waals surface area (Å²) in [5.41, 5.74) is 0.909. The summed E-state index contributed by atoms with van der Waals surface area (Å²) in [5, 5.41) is 11.7. The minimum absolute atomic E-state index is 0.145. The van der Waals surface area contributed by atoms with E-state index in [1.807, 2.05) is 4.90 Å². The molecule has 2 N–H and O–H groups in total. The summed E-state index contributed by atoms with van der Waals surface area (Å²) in [6.07, 6.45) is 0.196. The van der Waals surface area contributed by atoms with Crippen LogP contribution in [0.4, 0.5) is 24.8 Å². The number of piperidine rings is 1. The third kappa shape index (κ3) is 5.95. The largest absolute Gasteiger partial charge is 0.481 e. The van der Waals surface area contributed by atoms with Crippen LogP contribution in [0.25, 0.3) is 11.1 Å². The number of hydrogen-bond acceptors (Lipinski definition) is 5. The lowest BCUT2D eigenvalue weighted by Crippen LogP contribution is -2.35. The fraction of sp³-hybridized carbons (Fsp3) is 0.280. The molecule has 0 spiro atoms. The first kappa shape index (κ1) is 24.2. The van der Waals surface area contributed by atoms with Gasteiger partial charge in [0.15, 0.2) is 0 Å². The zero-order valence-electron chi connectivity index (χ0n) is 18.6. The van der Waals surface area contributed by atoms with E-state index in [4.69, 9.17) is 5.11 Å². The Kier molecular flexibility index (Phi) is 6.99. The molecule has 1 saturated heterocycles. The summed E-state index contributed by atoms with van der Waals surface area (Å²) in [5.74, 6) is -0.583. The maximum absolute atomic E-state index is 12.9. The van der Waals surface area contributed by atoms with Crippen molar-refractivity contribution >= 4 is 23.5 Å². The highest BCUT2D eigenvalue weighted by Gasteiger charge is 2.30. The van der Waals surface area contributed by atoms with E-state index in [1.54, 1.807) is 24.3 Å². The molecule has 0 aliphatic carbocycles. The molecule has 35 heavy (non-hydrogen) atoms. The number of nitrogens with one attached hydrogen (secondary N) is 1. The highest BCUT2D eigenvalue weighted by Crippen LogP contribution is 2.32. The predicted octanol–water partition coefficient (Wildman–Crippen LogP) is 5.11. The fourth-order valence-electron chi connectivity index (χ4n) is 4.10. The van der Waals surface area contributed by atoms with E-state index in [1.165, 1.54) is 24.5 Å². The van der Waals surface area contributed by atoms with Gasteiger partial charge in [0.1, 0.15) is 0 Å². The van der Waals surface area contributed by atoms with Crippen LogP contribution >= 0.6 is 0 Å². The van der Waals surface area contributed by atoms with Gasteiger partial charge in [-0.1, -0.05) is 30.3 Å². The number of amides is 1. The number of hydrogen-bond donors (Lipinski definition) is 2. The van der Waals surface area contributed by atoms with Crippen molar-refractivity contribution in [2.45, 2.75) is 25.4 Å². The lowest BCUT2D eigenvalue weighted by molar-refractivity contribution is -0.138. The monoisotopic (exact) mass is 484 g/mol. The third-order valence-electron chi connectivity index (χ3n) is 5.95. The highest BCUT2D eigenvalue weighted by molar-refractivity contribution is 6.08. The van der Waals surface area contributed by atoms with Crippen molar-refractivity contribution in [3.05, 3.63) is 72.1 Å². The van der Waals surface area contributed by atoms with Gasteiger partial charge in [0.25, 0.3) is 5.91 Å². The molecule has 0 unspecified atom stereocenters. The summed E-state index contributed by atoms with van der Waals surface area (Å²) >= 11 is 0. The van der Waals surface area contributed by atoms with Crippen LogP contribution in [-0.2, 0) is 11.0 Å². The van der Waals surface area contributed by atoms with E-state index in [0.29, 0.717) is 41.4 Å². The van der Waals surface area contributed by atoms with Crippen molar-refractivity contribution in [2.24, 2.45) is 5.92 Å². The van der Waals surface area contributed by atoms with Crippen LogP contribution in [0, 0.1) is 5.92 Å². The number of aliphatic carboxylic acids is 1. The zero-order chi connectivity index (χ0) is 25.0. The molecule has 0 atom stereocenters. The van der Waals surface area contributed by atoms with E-state index in [0.717, 1.165) is 25.0 Å². The normalized spacial score (nSPS) is 14.5. The number of carboxylic acids is 1. The van der Waals surface area contributed by atoms with E-state index in [2.05, 4.69) is 15.3 Å². The molecule has 0 bridgehead atoms. The van der Waals surface area contributed by atoms with Gasteiger partial charge in [-0.2, -0.15) is 13.2 Å². The minimum atomic E-state index is -4.43. The lowest BCUT2D eigenvalue weighted by Gasteiger charge is -2.31. The first-order valence-corrected chi connectivity index (χ1v) is 11.1. The average Bonchev–Trinajstić information content (AvgIpc) is 2.84. The molecule has 2 heterocycles. The molecule has 1 fully saturated rings. The number of aromatic nitrogens is 2. The quantitative estimate of drug-likeness (QED) is 0.505. The molecule has 4 rings (SSSR count). The minimum Gasteiger partial charge on any atom is -0.481 e. The Morgan fingerprint density at radius 3 is 2.23 bits per heavy atom. The van der Waals surface area contributed by atoms with Crippen LogP contribution in [0.3, 0.4) is 0 Å². The van der Waals surface area contributed by atoms with Gasteiger partial charge in [-0.3, -0.25) is 9.59 Å². The van der Waals surface area contributed by atoms with Crippen LogP contribution in [-0.4, -0.2) is 40.0 Å². The number of carboxylic acid groups (broad SMARTS) is 1. The Balaban J connectivity index is 1.43. The molecule has 182 valence electrons. The maximum Gasteiger partial charge on any atom is 0.416 e. The van der Waals surface area contributed by atoms with Gasteiger partial charge < -0.3 is 15.3 Å². The van der Waals surface area contributed by atoms with E-state index < -0.39 is 23.6 Å².